The molecule has 0 aromatic carbocycles. The highest BCUT2D eigenvalue weighted by molar-refractivity contribution is 4.79. The summed E-state index contributed by atoms with van der Waals surface area (Å²) in [5.41, 5.74) is 0. The van der Waals surface area contributed by atoms with Crippen molar-refractivity contribution in [1.29, 1.82) is 0 Å². The first-order valence-corrected chi connectivity index (χ1v) is 7.43. The van der Waals surface area contributed by atoms with Crippen LogP contribution in [0.1, 0.15) is 26.7 Å². The SMILES string of the molecule is CCN1CCC(CN2CCCNCC(C)C2)C1. The molecule has 0 aromatic heterocycles. The molecular formula is C14H29N3. The van der Waals surface area contributed by atoms with Gasteiger partial charge < -0.3 is 15.1 Å². The second-order valence-electron chi connectivity index (χ2n) is 5.97. The normalized spacial score (nSPS) is 33.5. The van der Waals surface area contributed by atoms with Crippen molar-refractivity contribution in [2.75, 3.05) is 52.4 Å². The summed E-state index contributed by atoms with van der Waals surface area (Å²) in [6, 6.07) is 0. The van der Waals surface area contributed by atoms with Crippen LogP contribution in [0.15, 0.2) is 0 Å². The van der Waals surface area contributed by atoms with Crippen LogP contribution in [0.3, 0.4) is 0 Å². The molecule has 0 aromatic rings. The van der Waals surface area contributed by atoms with Gasteiger partial charge in [0.15, 0.2) is 0 Å². The van der Waals surface area contributed by atoms with Crippen molar-refractivity contribution >= 4 is 0 Å². The molecule has 0 bridgehead atoms. The van der Waals surface area contributed by atoms with E-state index >= 15 is 0 Å². The lowest BCUT2D eigenvalue weighted by molar-refractivity contribution is 0.186. The lowest BCUT2D eigenvalue weighted by Gasteiger charge is -2.30. The highest BCUT2D eigenvalue weighted by Gasteiger charge is 2.24. The molecule has 2 aliphatic rings. The van der Waals surface area contributed by atoms with E-state index in [1.54, 1.807) is 0 Å². The number of rotatable bonds is 3. The maximum Gasteiger partial charge on any atom is 0.00225 e. The van der Waals surface area contributed by atoms with E-state index in [-0.39, 0.29) is 0 Å². The van der Waals surface area contributed by atoms with Crippen molar-refractivity contribution < 1.29 is 0 Å². The smallest absolute Gasteiger partial charge is 0.00225 e. The zero-order chi connectivity index (χ0) is 12.1. The molecule has 0 spiro atoms. The summed E-state index contributed by atoms with van der Waals surface area (Å²) in [5, 5.41) is 3.53. The van der Waals surface area contributed by atoms with Crippen molar-refractivity contribution in [3.8, 4) is 0 Å². The minimum absolute atomic E-state index is 0.805. The predicted octanol–water partition coefficient (Wildman–Crippen LogP) is 1.26. The van der Waals surface area contributed by atoms with Gasteiger partial charge in [-0.25, -0.2) is 0 Å². The van der Waals surface area contributed by atoms with Gasteiger partial charge in [0.05, 0.1) is 0 Å². The van der Waals surface area contributed by atoms with Crippen LogP contribution in [0.5, 0.6) is 0 Å². The predicted molar refractivity (Wildman–Crippen MR) is 73.3 cm³/mol. The standard InChI is InChI=1S/C14H29N3/c1-3-16-8-5-14(11-16)12-17-7-4-6-15-9-13(2)10-17/h13-15H,3-12H2,1-2H3. The maximum atomic E-state index is 3.53. The Morgan fingerprint density at radius 1 is 1.18 bits per heavy atom. The minimum Gasteiger partial charge on any atom is -0.316 e. The number of nitrogens with one attached hydrogen (secondary N) is 1. The van der Waals surface area contributed by atoms with Gasteiger partial charge in [0.2, 0.25) is 0 Å². The van der Waals surface area contributed by atoms with Crippen LogP contribution in [-0.4, -0.2) is 62.2 Å². The molecule has 100 valence electrons. The quantitative estimate of drug-likeness (QED) is 0.800. The Morgan fingerprint density at radius 3 is 2.82 bits per heavy atom. The van der Waals surface area contributed by atoms with Gasteiger partial charge >= 0.3 is 0 Å². The van der Waals surface area contributed by atoms with Gasteiger partial charge in [-0.1, -0.05) is 13.8 Å². The summed E-state index contributed by atoms with van der Waals surface area (Å²) < 4.78 is 0. The summed E-state index contributed by atoms with van der Waals surface area (Å²) in [6.07, 6.45) is 2.73. The van der Waals surface area contributed by atoms with E-state index in [4.69, 9.17) is 0 Å². The summed E-state index contributed by atoms with van der Waals surface area (Å²) in [7, 11) is 0. The van der Waals surface area contributed by atoms with Crippen LogP contribution in [0.25, 0.3) is 0 Å². The van der Waals surface area contributed by atoms with E-state index in [0.29, 0.717) is 0 Å². The molecule has 2 rings (SSSR count). The summed E-state index contributed by atoms with van der Waals surface area (Å²) >= 11 is 0. The Labute approximate surface area is 107 Å². The molecule has 17 heavy (non-hydrogen) atoms. The molecule has 0 saturated carbocycles. The van der Waals surface area contributed by atoms with Gasteiger partial charge in [-0.3, -0.25) is 0 Å². The second-order valence-corrected chi connectivity index (χ2v) is 5.97. The van der Waals surface area contributed by atoms with Crippen LogP contribution in [0.4, 0.5) is 0 Å². The zero-order valence-corrected chi connectivity index (χ0v) is 11.6. The van der Waals surface area contributed by atoms with E-state index in [0.717, 1.165) is 11.8 Å². The Kier molecular flexibility index (Phi) is 5.26. The lowest BCUT2D eigenvalue weighted by atomic mass is 10.1. The number of hydrogen-bond acceptors (Lipinski definition) is 3. The molecule has 0 amide bonds. The van der Waals surface area contributed by atoms with Crippen LogP contribution in [0, 0.1) is 11.8 Å². The van der Waals surface area contributed by atoms with Gasteiger partial charge in [-0.05, 0) is 57.4 Å². The summed E-state index contributed by atoms with van der Waals surface area (Å²) in [6.45, 7) is 14.9. The van der Waals surface area contributed by atoms with E-state index in [1.165, 1.54) is 65.2 Å². The van der Waals surface area contributed by atoms with Crippen LogP contribution >= 0.6 is 0 Å². The largest absolute Gasteiger partial charge is 0.316 e. The average molecular weight is 239 g/mol. The fourth-order valence-corrected chi connectivity index (χ4v) is 3.25. The third-order valence-electron chi connectivity index (χ3n) is 4.22. The Balaban J connectivity index is 1.76. The first-order chi connectivity index (χ1) is 8.28. The first-order valence-electron chi connectivity index (χ1n) is 7.43. The third-order valence-corrected chi connectivity index (χ3v) is 4.22. The molecule has 2 fully saturated rings. The summed E-state index contributed by atoms with van der Waals surface area (Å²) in [4.78, 5) is 5.31. The van der Waals surface area contributed by atoms with Gasteiger partial charge in [0, 0.05) is 19.6 Å². The highest BCUT2D eigenvalue weighted by atomic mass is 15.2. The topological polar surface area (TPSA) is 18.5 Å². The first kappa shape index (κ1) is 13.3. The second kappa shape index (κ2) is 6.72. The Morgan fingerprint density at radius 2 is 2.06 bits per heavy atom. The number of hydrogen-bond donors (Lipinski definition) is 1. The monoisotopic (exact) mass is 239 g/mol. The van der Waals surface area contributed by atoms with Crippen LogP contribution < -0.4 is 5.32 Å². The number of nitrogens with zero attached hydrogens (tertiary/aromatic N) is 2. The fraction of sp³-hybridized carbons (Fsp3) is 1.00. The third kappa shape index (κ3) is 4.23. The van der Waals surface area contributed by atoms with E-state index in [9.17, 15) is 0 Å². The van der Waals surface area contributed by atoms with E-state index < -0.39 is 0 Å². The summed E-state index contributed by atoms with van der Waals surface area (Å²) in [5.74, 6) is 1.73. The minimum atomic E-state index is 0.805. The molecule has 1 N–H and O–H groups in total. The average Bonchev–Trinajstić information content (AvgIpc) is 2.73. The molecule has 0 radical (unpaired) electrons. The van der Waals surface area contributed by atoms with Gasteiger partial charge in [0.25, 0.3) is 0 Å². The Hall–Kier alpha value is -0.120. The molecule has 2 aliphatic heterocycles. The van der Waals surface area contributed by atoms with Crippen LogP contribution in [0.2, 0.25) is 0 Å². The van der Waals surface area contributed by atoms with E-state index in [1.807, 2.05) is 0 Å². The zero-order valence-electron chi connectivity index (χ0n) is 11.6. The molecule has 2 saturated heterocycles. The van der Waals surface area contributed by atoms with Crippen LogP contribution in [-0.2, 0) is 0 Å². The van der Waals surface area contributed by atoms with Gasteiger partial charge in [0.1, 0.15) is 0 Å². The van der Waals surface area contributed by atoms with Crippen molar-refractivity contribution in [1.82, 2.24) is 15.1 Å². The van der Waals surface area contributed by atoms with Crippen molar-refractivity contribution in [2.24, 2.45) is 11.8 Å². The maximum absolute atomic E-state index is 3.53. The fourth-order valence-electron chi connectivity index (χ4n) is 3.25. The molecule has 3 heteroatoms. The Bertz CT molecular complexity index is 220. The molecule has 2 heterocycles. The highest BCUT2D eigenvalue weighted by Crippen LogP contribution is 2.18. The molecule has 2 atom stereocenters. The lowest BCUT2D eigenvalue weighted by Crippen LogP contribution is -2.41. The number of likely N-dealkylation sites (tertiary alicyclic amines) is 1. The molecule has 2 unspecified atom stereocenters. The molecule has 0 aliphatic carbocycles. The van der Waals surface area contributed by atoms with Crippen molar-refractivity contribution in [3.05, 3.63) is 0 Å². The van der Waals surface area contributed by atoms with Gasteiger partial charge in [-0.2, -0.15) is 0 Å². The molecule has 3 nitrogen and oxygen atoms in total. The van der Waals surface area contributed by atoms with E-state index in [2.05, 4.69) is 29.0 Å². The van der Waals surface area contributed by atoms with Gasteiger partial charge in [-0.15, -0.1) is 0 Å². The van der Waals surface area contributed by atoms with Crippen molar-refractivity contribution in [3.63, 3.8) is 0 Å². The molecular weight excluding hydrogens is 210 g/mol. The van der Waals surface area contributed by atoms with Crippen molar-refractivity contribution in [2.45, 2.75) is 26.7 Å².